The topological polar surface area (TPSA) is 95.9 Å². The molecule has 0 heterocycles. The quantitative estimate of drug-likeness (QED) is 0.793. The molecule has 0 aromatic heterocycles. The summed E-state index contributed by atoms with van der Waals surface area (Å²) in [6.07, 6.45) is -2.30. The van der Waals surface area contributed by atoms with Gasteiger partial charge in [0.2, 0.25) is 0 Å². The summed E-state index contributed by atoms with van der Waals surface area (Å²) in [5.74, 6) is -1.13. The predicted molar refractivity (Wildman–Crippen MR) is 78.5 cm³/mol. The highest BCUT2D eigenvalue weighted by Crippen LogP contribution is 2.27. The van der Waals surface area contributed by atoms with Crippen LogP contribution < -0.4 is 5.32 Å². The number of nitrogens with one attached hydrogen (secondary N) is 1. The smallest absolute Gasteiger partial charge is 0.412 e. The molecular weight excluding hydrogens is 298 g/mol. The fourth-order valence-electron chi connectivity index (χ4n) is 1.54. The molecule has 1 aromatic carbocycles. The lowest BCUT2D eigenvalue weighted by Gasteiger charge is -2.20. The molecule has 0 aliphatic rings. The Labute approximate surface area is 127 Å². The second-order valence-electron chi connectivity index (χ2n) is 5.48. The molecule has 0 saturated heterocycles. The van der Waals surface area contributed by atoms with Crippen LogP contribution in [0, 0.1) is 0 Å². The predicted octanol–water partition coefficient (Wildman–Crippen LogP) is 3.20. The minimum absolute atomic E-state index is 0.243. The number of aliphatic hydroxyl groups excluding tert-OH is 1. The van der Waals surface area contributed by atoms with Gasteiger partial charge in [-0.05, 0) is 38.5 Å². The van der Waals surface area contributed by atoms with Crippen molar-refractivity contribution in [2.75, 3.05) is 5.32 Å². The van der Waals surface area contributed by atoms with Crippen LogP contribution >= 0.6 is 11.6 Å². The number of halogens is 1. The van der Waals surface area contributed by atoms with Crippen LogP contribution in [0.1, 0.15) is 38.9 Å². The third-order valence-corrected chi connectivity index (χ3v) is 2.71. The lowest BCUT2D eigenvalue weighted by molar-refractivity contribution is -0.139. The Morgan fingerprint density at radius 1 is 1.38 bits per heavy atom. The Hall–Kier alpha value is -1.79. The average molecular weight is 316 g/mol. The summed E-state index contributed by atoms with van der Waals surface area (Å²) in [7, 11) is 0. The molecular formula is C14H18ClNO5. The van der Waals surface area contributed by atoms with Crippen molar-refractivity contribution < 1.29 is 24.5 Å². The molecule has 1 rings (SSSR count). The number of anilines is 1. The van der Waals surface area contributed by atoms with Gasteiger partial charge in [-0.3, -0.25) is 10.1 Å². The van der Waals surface area contributed by atoms with Crippen molar-refractivity contribution in [2.24, 2.45) is 0 Å². The Morgan fingerprint density at radius 3 is 2.52 bits per heavy atom. The van der Waals surface area contributed by atoms with Crippen LogP contribution in [0.15, 0.2) is 18.2 Å². The van der Waals surface area contributed by atoms with Gasteiger partial charge in [0.25, 0.3) is 0 Å². The van der Waals surface area contributed by atoms with E-state index in [1.54, 1.807) is 20.8 Å². The van der Waals surface area contributed by atoms with Crippen LogP contribution in [-0.2, 0) is 9.53 Å². The van der Waals surface area contributed by atoms with Crippen LogP contribution in [0.2, 0.25) is 5.02 Å². The monoisotopic (exact) mass is 315 g/mol. The van der Waals surface area contributed by atoms with E-state index in [1.165, 1.54) is 18.2 Å². The van der Waals surface area contributed by atoms with Gasteiger partial charge in [0.1, 0.15) is 5.60 Å². The summed E-state index contributed by atoms with van der Waals surface area (Å²) in [6.45, 7) is 5.17. The van der Waals surface area contributed by atoms with Crippen molar-refractivity contribution in [2.45, 2.75) is 38.9 Å². The lowest BCUT2D eigenvalue weighted by Crippen LogP contribution is -2.27. The van der Waals surface area contributed by atoms with Crippen LogP contribution in [-0.4, -0.2) is 27.9 Å². The van der Waals surface area contributed by atoms with Crippen molar-refractivity contribution in [3.05, 3.63) is 28.8 Å². The maximum atomic E-state index is 11.7. The standard InChI is InChI=1S/C14H18ClNO5/c1-14(2,3)21-13(20)16-10-6-8(4-5-9(10)15)11(17)7-12(18)19/h4-6,11,17H,7H2,1-3H3,(H,16,20)(H,18,19)/t11-/m1/s1. The van der Waals surface area contributed by atoms with Gasteiger partial charge in [-0.2, -0.15) is 0 Å². The molecule has 6 nitrogen and oxygen atoms in total. The zero-order chi connectivity index (χ0) is 16.2. The fourth-order valence-corrected chi connectivity index (χ4v) is 1.71. The second-order valence-corrected chi connectivity index (χ2v) is 5.89. The third kappa shape index (κ3) is 6.01. The van der Waals surface area contributed by atoms with E-state index in [9.17, 15) is 14.7 Å². The Bertz CT molecular complexity index is 539. The fraction of sp³-hybridized carbons (Fsp3) is 0.429. The molecule has 0 bridgehead atoms. The molecule has 0 unspecified atom stereocenters. The highest BCUT2D eigenvalue weighted by Gasteiger charge is 2.18. The van der Waals surface area contributed by atoms with Gasteiger partial charge in [-0.15, -0.1) is 0 Å². The summed E-state index contributed by atoms with van der Waals surface area (Å²) in [4.78, 5) is 22.3. The van der Waals surface area contributed by atoms with Crippen LogP contribution in [0.5, 0.6) is 0 Å². The number of carboxylic acids is 1. The van der Waals surface area contributed by atoms with Gasteiger partial charge < -0.3 is 14.9 Å². The number of carboxylic acid groups (broad SMARTS) is 1. The largest absolute Gasteiger partial charge is 0.481 e. The number of carbonyl (C=O) groups excluding carboxylic acids is 1. The minimum atomic E-state index is -1.18. The molecule has 0 aliphatic carbocycles. The van der Waals surface area contributed by atoms with Gasteiger partial charge in [0.05, 0.1) is 23.2 Å². The molecule has 0 radical (unpaired) electrons. The SMILES string of the molecule is CC(C)(C)OC(=O)Nc1cc([C@H](O)CC(=O)O)ccc1Cl. The first kappa shape index (κ1) is 17.3. The Balaban J connectivity index is 2.87. The summed E-state index contributed by atoms with van der Waals surface area (Å²) >= 11 is 5.95. The van der Waals surface area contributed by atoms with Gasteiger partial charge in [-0.1, -0.05) is 17.7 Å². The van der Waals surface area contributed by atoms with Crippen LogP contribution in [0.4, 0.5) is 10.5 Å². The van der Waals surface area contributed by atoms with Gasteiger partial charge >= 0.3 is 12.1 Å². The van der Waals surface area contributed by atoms with Crippen molar-refractivity contribution in [3.8, 4) is 0 Å². The van der Waals surface area contributed by atoms with Crippen LogP contribution in [0.25, 0.3) is 0 Å². The molecule has 0 spiro atoms. The van der Waals surface area contributed by atoms with Crippen molar-refractivity contribution in [1.82, 2.24) is 0 Å². The number of hydrogen-bond acceptors (Lipinski definition) is 4. The van der Waals surface area contributed by atoms with E-state index in [0.717, 1.165) is 0 Å². The van der Waals surface area contributed by atoms with Crippen LogP contribution in [0.3, 0.4) is 0 Å². The molecule has 0 fully saturated rings. The molecule has 1 atom stereocenters. The maximum absolute atomic E-state index is 11.7. The van der Waals surface area contributed by atoms with Gasteiger partial charge in [0, 0.05) is 0 Å². The maximum Gasteiger partial charge on any atom is 0.412 e. The minimum Gasteiger partial charge on any atom is -0.481 e. The molecule has 3 N–H and O–H groups in total. The van der Waals surface area contributed by atoms with E-state index in [2.05, 4.69) is 5.32 Å². The third-order valence-electron chi connectivity index (χ3n) is 2.38. The number of rotatable bonds is 4. The number of amides is 1. The zero-order valence-corrected chi connectivity index (χ0v) is 12.8. The van der Waals surface area contributed by atoms with E-state index in [4.69, 9.17) is 21.4 Å². The molecule has 0 aliphatic heterocycles. The first-order chi connectivity index (χ1) is 9.58. The Morgan fingerprint density at radius 2 is 2.00 bits per heavy atom. The summed E-state index contributed by atoms with van der Waals surface area (Å²) in [5, 5.41) is 21.1. The summed E-state index contributed by atoms with van der Waals surface area (Å²) < 4.78 is 5.10. The average Bonchev–Trinajstić information content (AvgIpc) is 2.28. The molecule has 0 saturated carbocycles. The molecule has 116 valence electrons. The lowest BCUT2D eigenvalue weighted by atomic mass is 10.1. The highest BCUT2D eigenvalue weighted by atomic mass is 35.5. The first-order valence-corrected chi connectivity index (χ1v) is 6.65. The normalized spacial score (nSPS) is 12.6. The van der Waals surface area contributed by atoms with Crippen molar-refractivity contribution >= 4 is 29.4 Å². The summed E-state index contributed by atoms with van der Waals surface area (Å²) in [5.41, 5.74) is -0.0718. The van der Waals surface area contributed by atoms with E-state index in [1.807, 2.05) is 0 Å². The van der Waals surface area contributed by atoms with Crippen molar-refractivity contribution in [1.29, 1.82) is 0 Å². The van der Waals surface area contributed by atoms with Gasteiger partial charge in [-0.25, -0.2) is 4.79 Å². The summed E-state index contributed by atoms with van der Waals surface area (Å²) in [6, 6.07) is 4.38. The zero-order valence-electron chi connectivity index (χ0n) is 12.0. The van der Waals surface area contributed by atoms with Crippen molar-refractivity contribution in [3.63, 3.8) is 0 Å². The molecule has 7 heteroatoms. The number of aliphatic carboxylic acids is 1. The number of aliphatic hydroxyl groups is 1. The Kier molecular flexibility index (Phi) is 5.57. The number of hydrogen-bond donors (Lipinski definition) is 3. The molecule has 21 heavy (non-hydrogen) atoms. The second kappa shape index (κ2) is 6.78. The van der Waals surface area contributed by atoms with E-state index < -0.39 is 30.2 Å². The number of benzene rings is 1. The van der Waals surface area contributed by atoms with Gasteiger partial charge in [0.15, 0.2) is 0 Å². The van der Waals surface area contributed by atoms with E-state index >= 15 is 0 Å². The van der Waals surface area contributed by atoms with E-state index in [0.29, 0.717) is 5.56 Å². The number of ether oxygens (including phenoxy) is 1. The molecule has 1 amide bonds. The first-order valence-electron chi connectivity index (χ1n) is 6.28. The number of carbonyl (C=O) groups is 2. The highest BCUT2D eigenvalue weighted by molar-refractivity contribution is 6.33. The van der Waals surface area contributed by atoms with E-state index in [-0.39, 0.29) is 10.7 Å². The molecule has 1 aromatic rings.